The smallest absolute Gasteiger partial charge is 0.254 e. The molecule has 2 nitrogen and oxygen atoms in total. The number of hydrogen-bond acceptors (Lipinski definition) is 2. The summed E-state index contributed by atoms with van der Waals surface area (Å²) in [6, 6.07) is -0.261. The van der Waals surface area contributed by atoms with Crippen molar-refractivity contribution in [1.29, 1.82) is 0 Å². The Labute approximate surface area is 84.7 Å². The molecule has 1 rings (SSSR count). The molecule has 0 spiro atoms. The summed E-state index contributed by atoms with van der Waals surface area (Å²) in [5.74, 6) is 0.520. The SMILES string of the molecule is CC(C)C(C)N1CCNC(C(F)F)C1. The van der Waals surface area contributed by atoms with Gasteiger partial charge in [0.05, 0.1) is 6.04 Å². The Balaban J connectivity index is 2.47. The Morgan fingerprint density at radius 2 is 1.93 bits per heavy atom. The first-order valence-corrected chi connectivity index (χ1v) is 5.28. The van der Waals surface area contributed by atoms with E-state index in [1.165, 1.54) is 0 Å². The molecular weight excluding hydrogens is 186 g/mol. The molecule has 1 aliphatic heterocycles. The standard InChI is InChI=1S/C10H20F2N2/c1-7(2)8(3)14-5-4-13-9(6-14)10(11)12/h7-10,13H,4-6H2,1-3H3. The third kappa shape index (κ3) is 2.89. The van der Waals surface area contributed by atoms with Crippen LogP contribution in [0.5, 0.6) is 0 Å². The molecule has 4 heteroatoms. The van der Waals surface area contributed by atoms with Crippen molar-refractivity contribution in [2.45, 2.75) is 39.3 Å². The van der Waals surface area contributed by atoms with Crippen LogP contribution in [-0.4, -0.2) is 43.0 Å². The van der Waals surface area contributed by atoms with Crippen molar-refractivity contribution >= 4 is 0 Å². The number of hydrogen-bond donors (Lipinski definition) is 1. The van der Waals surface area contributed by atoms with Gasteiger partial charge in [0.25, 0.3) is 6.43 Å². The minimum atomic E-state index is -2.25. The van der Waals surface area contributed by atoms with Gasteiger partial charge in [0.1, 0.15) is 0 Å². The molecule has 0 aromatic rings. The van der Waals surface area contributed by atoms with Crippen LogP contribution in [0, 0.1) is 5.92 Å². The van der Waals surface area contributed by atoms with Gasteiger partial charge in [0.15, 0.2) is 0 Å². The van der Waals surface area contributed by atoms with Gasteiger partial charge < -0.3 is 5.32 Å². The maximum Gasteiger partial charge on any atom is 0.254 e. The van der Waals surface area contributed by atoms with E-state index in [0.717, 1.165) is 6.54 Å². The van der Waals surface area contributed by atoms with Crippen molar-refractivity contribution in [3.8, 4) is 0 Å². The quantitative estimate of drug-likeness (QED) is 0.754. The summed E-state index contributed by atoms with van der Waals surface area (Å²) in [6.45, 7) is 8.39. The number of alkyl halides is 2. The van der Waals surface area contributed by atoms with Crippen LogP contribution >= 0.6 is 0 Å². The number of halogens is 2. The van der Waals surface area contributed by atoms with Crippen LogP contribution in [0.25, 0.3) is 0 Å². The van der Waals surface area contributed by atoms with E-state index in [0.29, 0.717) is 25.0 Å². The second kappa shape index (κ2) is 5.03. The summed E-state index contributed by atoms with van der Waals surface area (Å²) in [5, 5.41) is 2.85. The highest BCUT2D eigenvalue weighted by atomic mass is 19.3. The minimum absolute atomic E-state index is 0.387. The van der Waals surface area contributed by atoms with E-state index in [1.807, 2.05) is 0 Å². The average molecular weight is 206 g/mol. The fourth-order valence-corrected chi connectivity index (χ4v) is 1.76. The van der Waals surface area contributed by atoms with Crippen molar-refractivity contribution in [3.05, 3.63) is 0 Å². The molecule has 0 saturated carbocycles. The lowest BCUT2D eigenvalue weighted by atomic mass is 10.0. The first kappa shape index (κ1) is 11.9. The van der Waals surface area contributed by atoms with Gasteiger partial charge >= 0.3 is 0 Å². The summed E-state index contributed by atoms with van der Waals surface area (Å²) in [4.78, 5) is 2.15. The highest BCUT2D eigenvalue weighted by Gasteiger charge is 2.29. The highest BCUT2D eigenvalue weighted by Crippen LogP contribution is 2.14. The van der Waals surface area contributed by atoms with Crippen molar-refractivity contribution in [2.75, 3.05) is 19.6 Å². The lowest BCUT2D eigenvalue weighted by Gasteiger charge is -2.38. The number of piperazine rings is 1. The van der Waals surface area contributed by atoms with E-state index in [-0.39, 0.29) is 0 Å². The molecule has 1 heterocycles. The van der Waals surface area contributed by atoms with Crippen LogP contribution in [0.3, 0.4) is 0 Å². The summed E-state index contributed by atoms with van der Waals surface area (Å²) in [6.07, 6.45) is -2.25. The Morgan fingerprint density at radius 1 is 1.29 bits per heavy atom. The zero-order valence-electron chi connectivity index (χ0n) is 9.13. The second-order valence-corrected chi connectivity index (χ2v) is 4.37. The van der Waals surface area contributed by atoms with E-state index in [1.54, 1.807) is 0 Å². The molecule has 0 amide bonds. The van der Waals surface area contributed by atoms with Crippen molar-refractivity contribution in [1.82, 2.24) is 10.2 Å². The molecule has 2 atom stereocenters. The fourth-order valence-electron chi connectivity index (χ4n) is 1.76. The first-order chi connectivity index (χ1) is 6.52. The van der Waals surface area contributed by atoms with Crippen LogP contribution in [0.1, 0.15) is 20.8 Å². The van der Waals surface area contributed by atoms with Crippen LogP contribution in [-0.2, 0) is 0 Å². The largest absolute Gasteiger partial charge is 0.307 e. The van der Waals surface area contributed by atoms with Crippen LogP contribution < -0.4 is 5.32 Å². The van der Waals surface area contributed by atoms with E-state index >= 15 is 0 Å². The molecule has 14 heavy (non-hydrogen) atoms. The summed E-state index contributed by atoms with van der Waals surface area (Å²) < 4.78 is 24.9. The summed E-state index contributed by atoms with van der Waals surface area (Å²) in [5.41, 5.74) is 0. The van der Waals surface area contributed by atoms with E-state index < -0.39 is 12.5 Å². The van der Waals surface area contributed by atoms with Crippen LogP contribution in [0.15, 0.2) is 0 Å². The number of nitrogens with one attached hydrogen (secondary N) is 1. The maximum absolute atomic E-state index is 12.5. The number of rotatable bonds is 3. The van der Waals surface area contributed by atoms with Crippen LogP contribution in [0.4, 0.5) is 8.78 Å². The van der Waals surface area contributed by atoms with Crippen molar-refractivity contribution < 1.29 is 8.78 Å². The monoisotopic (exact) mass is 206 g/mol. The molecule has 0 aromatic carbocycles. The molecule has 1 aliphatic rings. The molecule has 1 saturated heterocycles. The molecule has 0 aromatic heterocycles. The Kier molecular flexibility index (Phi) is 4.26. The van der Waals surface area contributed by atoms with Gasteiger partial charge in [-0.2, -0.15) is 0 Å². The van der Waals surface area contributed by atoms with Gasteiger partial charge in [-0.15, -0.1) is 0 Å². The zero-order chi connectivity index (χ0) is 10.7. The van der Waals surface area contributed by atoms with Gasteiger partial charge in [-0.3, -0.25) is 4.90 Å². The molecule has 84 valence electrons. The predicted molar refractivity (Wildman–Crippen MR) is 53.7 cm³/mol. The topological polar surface area (TPSA) is 15.3 Å². The normalized spacial score (nSPS) is 27.2. The summed E-state index contributed by atoms with van der Waals surface area (Å²) in [7, 11) is 0. The van der Waals surface area contributed by atoms with Gasteiger partial charge in [-0.1, -0.05) is 13.8 Å². The van der Waals surface area contributed by atoms with Crippen LogP contribution in [0.2, 0.25) is 0 Å². The van der Waals surface area contributed by atoms with E-state index in [2.05, 4.69) is 31.0 Å². The molecule has 0 aliphatic carbocycles. The van der Waals surface area contributed by atoms with E-state index in [4.69, 9.17) is 0 Å². The molecule has 0 bridgehead atoms. The van der Waals surface area contributed by atoms with Gasteiger partial charge in [0.2, 0.25) is 0 Å². The molecule has 0 radical (unpaired) electrons. The highest BCUT2D eigenvalue weighted by molar-refractivity contribution is 4.83. The number of nitrogens with zero attached hydrogens (tertiary/aromatic N) is 1. The average Bonchev–Trinajstić information content (AvgIpc) is 2.16. The van der Waals surface area contributed by atoms with Crippen molar-refractivity contribution in [2.24, 2.45) is 5.92 Å². The zero-order valence-corrected chi connectivity index (χ0v) is 9.13. The third-order valence-corrected chi connectivity index (χ3v) is 3.08. The summed E-state index contributed by atoms with van der Waals surface area (Å²) >= 11 is 0. The Bertz CT molecular complexity index is 168. The molecule has 2 unspecified atom stereocenters. The van der Waals surface area contributed by atoms with Gasteiger partial charge in [-0.05, 0) is 12.8 Å². The molecule has 1 N–H and O–H groups in total. The predicted octanol–water partition coefficient (Wildman–Crippen LogP) is 1.57. The third-order valence-electron chi connectivity index (χ3n) is 3.08. The lowest BCUT2D eigenvalue weighted by Crippen LogP contribution is -2.56. The van der Waals surface area contributed by atoms with Gasteiger partial charge in [0, 0.05) is 25.7 Å². The first-order valence-electron chi connectivity index (χ1n) is 5.28. The fraction of sp³-hybridized carbons (Fsp3) is 1.00. The van der Waals surface area contributed by atoms with E-state index in [9.17, 15) is 8.78 Å². The molecule has 1 fully saturated rings. The molecular formula is C10H20F2N2. The second-order valence-electron chi connectivity index (χ2n) is 4.37. The lowest BCUT2D eigenvalue weighted by molar-refractivity contribution is 0.0370. The maximum atomic E-state index is 12.5. The minimum Gasteiger partial charge on any atom is -0.307 e. The van der Waals surface area contributed by atoms with Crippen molar-refractivity contribution in [3.63, 3.8) is 0 Å². The Morgan fingerprint density at radius 3 is 2.43 bits per heavy atom. The Hall–Kier alpha value is -0.220. The van der Waals surface area contributed by atoms with Gasteiger partial charge in [-0.25, -0.2) is 8.78 Å².